The summed E-state index contributed by atoms with van der Waals surface area (Å²) >= 11 is 3.42. The first kappa shape index (κ1) is 8.84. The van der Waals surface area contributed by atoms with Crippen molar-refractivity contribution in [3.05, 3.63) is 34.3 Å². The van der Waals surface area contributed by atoms with E-state index in [-0.39, 0.29) is 5.41 Å². The molecule has 0 N–H and O–H groups in total. The predicted octanol–water partition coefficient (Wildman–Crippen LogP) is 3.50. The smallest absolute Gasteiger partial charge is 0.0560 e. The summed E-state index contributed by atoms with van der Waals surface area (Å²) in [7, 11) is 0. The molecule has 13 heavy (non-hydrogen) atoms. The highest BCUT2D eigenvalue weighted by Gasteiger charge is 2.36. The highest BCUT2D eigenvalue weighted by Crippen LogP contribution is 2.43. The molecule has 0 amide bonds. The molecule has 0 heterocycles. The molecule has 2 rings (SSSR count). The molecule has 0 radical (unpaired) electrons. The van der Waals surface area contributed by atoms with Crippen LogP contribution in [0.25, 0.3) is 0 Å². The minimum atomic E-state index is 0.0562. The lowest BCUT2D eigenvalue weighted by atomic mass is 9.65. The molecular formula is C12H11Br. The van der Waals surface area contributed by atoms with Crippen molar-refractivity contribution in [2.24, 2.45) is 0 Å². The molecule has 0 aromatic heterocycles. The fourth-order valence-corrected chi connectivity index (χ4v) is 2.08. The number of rotatable bonds is 1. The third-order valence-corrected chi connectivity index (χ3v) is 3.41. The second-order valence-electron chi connectivity index (χ2n) is 3.59. The summed E-state index contributed by atoms with van der Waals surface area (Å²) in [4.78, 5) is 0. The second kappa shape index (κ2) is 3.20. The first-order valence-electron chi connectivity index (χ1n) is 4.51. The summed E-state index contributed by atoms with van der Waals surface area (Å²) in [5.74, 6) is 2.94. The van der Waals surface area contributed by atoms with E-state index in [9.17, 15) is 0 Å². The van der Waals surface area contributed by atoms with Crippen LogP contribution in [0.4, 0.5) is 0 Å². The molecule has 66 valence electrons. The molecule has 1 aromatic carbocycles. The Morgan fingerprint density at radius 1 is 1.23 bits per heavy atom. The molecule has 0 spiro atoms. The Balaban J connectivity index is 2.35. The quantitative estimate of drug-likeness (QED) is 0.653. The molecule has 1 fully saturated rings. The first-order valence-corrected chi connectivity index (χ1v) is 5.30. The fourth-order valence-electron chi connectivity index (χ4n) is 1.82. The van der Waals surface area contributed by atoms with E-state index in [0.717, 1.165) is 17.3 Å². The van der Waals surface area contributed by atoms with E-state index < -0.39 is 0 Å². The van der Waals surface area contributed by atoms with E-state index in [4.69, 9.17) is 6.42 Å². The topological polar surface area (TPSA) is 0 Å². The average molecular weight is 235 g/mol. The van der Waals surface area contributed by atoms with Crippen LogP contribution in [0.1, 0.15) is 24.8 Å². The number of hydrogen-bond acceptors (Lipinski definition) is 0. The summed E-state index contributed by atoms with van der Waals surface area (Å²) in [6.07, 6.45) is 9.13. The van der Waals surface area contributed by atoms with Crippen LogP contribution in [0.3, 0.4) is 0 Å². The third-order valence-electron chi connectivity index (χ3n) is 2.88. The Labute approximate surface area is 87.5 Å². The number of benzene rings is 1. The van der Waals surface area contributed by atoms with E-state index >= 15 is 0 Å². The van der Waals surface area contributed by atoms with Crippen molar-refractivity contribution in [1.29, 1.82) is 0 Å². The predicted molar refractivity (Wildman–Crippen MR) is 58.5 cm³/mol. The van der Waals surface area contributed by atoms with Gasteiger partial charge in [0.15, 0.2) is 0 Å². The summed E-state index contributed by atoms with van der Waals surface area (Å²) in [5, 5.41) is 0. The first-order chi connectivity index (χ1) is 6.27. The summed E-state index contributed by atoms with van der Waals surface area (Å²) < 4.78 is 1.11. The van der Waals surface area contributed by atoms with E-state index in [2.05, 4.69) is 46.1 Å². The molecule has 0 unspecified atom stereocenters. The lowest BCUT2D eigenvalue weighted by molar-refractivity contribution is 0.328. The molecule has 0 bridgehead atoms. The van der Waals surface area contributed by atoms with Crippen LogP contribution in [0.15, 0.2) is 28.7 Å². The van der Waals surface area contributed by atoms with Crippen LogP contribution in [0, 0.1) is 12.3 Å². The van der Waals surface area contributed by atoms with Gasteiger partial charge in [-0.3, -0.25) is 0 Å². The van der Waals surface area contributed by atoms with Crippen molar-refractivity contribution in [3.63, 3.8) is 0 Å². The van der Waals surface area contributed by atoms with Crippen molar-refractivity contribution in [3.8, 4) is 12.3 Å². The Hall–Kier alpha value is -0.740. The SMILES string of the molecule is C#CC1(c2ccc(Br)cc2)CCC1. The fraction of sp³-hybridized carbons (Fsp3) is 0.333. The number of terminal acetylenes is 1. The van der Waals surface area contributed by atoms with Crippen molar-refractivity contribution in [2.45, 2.75) is 24.7 Å². The standard InChI is InChI=1S/C12H11Br/c1-2-12(8-3-9-12)10-4-6-11(13)7-5-10/h1,4-7H,3,8-9H2. The normalized spacial score (nSPS) is 18.8. The maximum Gasteiger partial charge on any atom is 0.0560 e. The van der Waals surface area contributed by atoms with Gasteiger partial charge in [0, 0.05) is 4.47 Å². The molecule has 0 saturated heterocycles. The average Bonchev–Trinajstić information content (AvgIpc) is 2.07. The van der Waals surface area contributed by atoms with Gasteiger partial charge in [-0.2, -0.15) is 0 Å². The lowest BCUT2D eigenvalue weighted by Gasteiger charge is -2.37. The molecule has 0 aliphatic heterocycles. The summed E-state index contributed by atoms with van der Waals surface area (Å²) in [6.45, 7) is 0. The van der Waals surface area contributed by atoms with Crippen molar-refractivity contribution in [1.82, 2.24) is 0 Å². The largest absolute Gasteiger partial charge is 0.119 e. The highest BCUT2D eigenvalue weighted by atomic mass is 79.9. The van der Waals surface area contributed by atoms with E-state index in [1.165, 1.54) is 12.0 Å². The van der Waals surface area contributed by atoms with Crippen LogP contribution >= 0.6 is 15.9 Å². The minimum Gasteiger partial charge on any atom is -0.119 e. The zero-order valence-corrected chi connectivity index (χ0v) is 8.97. The van der Waals surface area contributed by atoms with Crippen LogP contribution in [-0.2, 0) is 5.41 Å². The molecule has 1 aromatic rings. The maximum absolute atomic E-state index is 5.58. The molecule has 1 heteroatoms. The van der Waals surface area contributed by atoms with Gasteiger partial charge in [-0.05, 0) is 37.0 Å². The van der Waals surface area contributed by atoms with Gasteiger partial charge in [-0.15, -0.1) is 6.42 Å². The van der Waals surface area contributed by atoms with Gasteiger partial charge < -0.3 is 0 Å². The van der Waals surface area contributed by atoms with Crippen molar-refractivity contribution < 1.29 is 0 Å². The molecular weight excluding hydrogens is 224 g/mol. The Kier molecular flexibility index (Phi) is 2.17. The minimum absolute atomic E-state index is 0.0562. The zero-order valence-electron chi connectivity index (χ0n) is 7.39. The Morgan fingerprint density at radius 3 is 2.23 bits per heavy atom. The highest BCUT2D eigenvalue weighted by molar-refractivity contribution is 9.10. The third kappa shape index (κ3) is 1.40. The van der Waals surface area contributed by atoms with E-state index in [0.29, 0.717) is 0 Å². The van der Waals surface area contributed by atoms with Crippen molar-refractivity contribution >= 4 is 15.9 Å². The molecule has 1 aliphatic rings. The van der Waals surface area contributed by atoms with Gasteiger partial charge in [0.1, 0.15) is 0 Å². The van der Waals surface area contributed by atoms with Gasteiger partial charge in [-0.25, -0.2) is 0 Å². The molecule has 1 saturated carbocycles. The summed E-state index contributed by atoms with van der Waals surface area (Å²) in [6, 6.07) is 8.38. The summed E-state index contributed by atoms with van der Waals surface area (Å²) in [5.41, 5.74) is 1.35. The van der Waals surface area contributed by atoms with Crippen molar-refractivity contribution in [2.75, 3.05) is 0 Å². The van der Waals surface area contributed by atoms with Crippen LogP contribution in [-0.4, -0.2) is 0 Å². The van der Waals surface area contributed by atoms with Gasteiger partial charge in [0.25, 0.3) is 0 Å². The molecule has 0 atom stereocenters. The lowest BCUT2D eigenvalue weighted by Crippen LogP contribution is -2.32. The van der Waals surface area contributed by atoms with E-state index in [1.807, 2.05) is 0 Å². The molecule has 1 aliphatic carbocycles. The number of hydrogen-bond donors (Lipinski definition) is 0. The number of halogens is 1. The maximum atomic E-state index is 5.58. The second-order valence-corrected chi connectivity index (χ2v) is 4.50. The van der Waals surface area contributed by atoms with Crippen LogP contribution in [0.2, 0.25) is 0 Å². The Morgan fingerprint density at radius 2 is 1.85 bits per heavy atom. The van der Waals surface area contributed by atoms with Crippen LogP contribution in [0.5, 0.6) is 0 Å². The van der Waals surface area contributed by atoms with Gasteiger partial charge >= 0.3 is 0 Å². The van der Waals surface area contributed by atoms with E-state index in [1.54, 1.807) is 0 Å². The zero-order chi connectivity index (χ0) is 9.31. The van der Waals surface area contributed by atoms with Gasteiger partial charge in [-0.1, -0.05) is 34.0 Å². The van der Waals surface area contributed by atoms with Crippen LogP contribution < -0.4 is 0 Å². The molecule has 0 nitrogen and oxygen atoms in total. The van der Waals surface area contributed by atoms with Gasteiger partial charge in [0.2, 0.25) is 0 Å². The van der Waals surface area contributed by atoms with Gasteiger partial charge in [0.05, 0.1) is 5.41 Å². The monoisotopic (exact) mass is 234 g/mol. The Bertz CT molecular complexity index is 338.